The molecule has 0 fully saturated rings. The lowest BCUT2D eigenvalue weighted by atomic mass is 10.3. The second-order valence-electron chi connectivity index (χ2n) is 3.96. The lowest BCUT2D eigenvalue weighted by Crippen LogP contribution is -2.42. The van der Waals surface area contributed by atoms with Crippen molar-refractivity contribution < 1.29 is 0 Å². The van der Waals surface area contributed by atoms with E-state index in [1.165, 1.54) is 0 Å². The van der Waals surface area contributed by atoms with Gasteiger partial charge in [-0.15, -0.1) is 0 Å². The van der Waals surface area contributed by atoms with E-state index < -0.39 is 0 Å². The van der Waals surface area contributed by atoms with Crippen LogP contribution in [0.25, 0.3) is 0 Å². The summed E-state index contributed by atoms with van der Waals surface area (Å²) in [5.41, 5.74) is 11.4. The molecule has 0 aliphatic carbocycles. The van der Waals surface area contributed by atoms with Crippen molar-refractivity contribution >= 4 is 12.1 Å². The highest BCUT2D eigenvalue weighted by atomic mass is 15.3. The normalized spacial score (nSPS) is 25.2. The van der Waals surface area contributed by atoms with Crippen LogP contribution in [0.1, 0.15) is 6.42 Å². The second-order valence-corrected chi connectivity index (χ2v) is 3.96. The Labute approximate surface area is 95.3 Å². The molecule has 4 N–H and O–H groups in total. The lowest BCUT2D eigenvalue weighted by Gasteiger charge is -2.27. The van der Waals surface area contributed by atoms with Gasteiger partial charge in [0.25, 0.3) is 0 Å². The fourth-order valence-electron chi connectivity index (χ4n) is 1.78. The molecule has 2 aliphatic heterocycles. The SMILES string of the molecule is NC1=NC(N)N(CCCN2CC=NC2)C=C1. The number of hydrogen-bond acceptors (Lipinski definition) is 6. The molecule has 6 nitrogen and oxygen atoms in total. The van der Waals surface area contributed by atoms with Crippen LogP contribution >= 0.6 is 0 Å². The standard InChI is InChI=1S/C10H18N6/c11-9-2-6-16(10(12)14-9)5-1-4-15-7-3-13-8-15/h2-3,6,10H,1,4-5,7-8,12H2,(H2,11,14). The molecule has 16 heavy (non-hydrogen) atoms. The van der Waals surface area contributed by atoms with E-state index >= 15 is 0 Å². The van der Waals surface area contributed by atoms with Crippen molar-refractivity contribution in [3.63, 3.8) is 0 Å². The van der Waals surface area contributed by atoms with Crippen molar-refractivity contribution in [1.29, 1.82) is 0 Å². The summed E-state index contributed by atoms with van der Waals surface area (Å²) in [5.74, 6) is 0.497. The van der Waals surface area contributed by atoms with E-state index in [9.17, 15) is 0 Å². The predicted molar refractivity (Wildman–Crippen MR) is 65.0 cm³/mol. The van der Waals surface area contributed by atoms with Gasteiger partial charge in [0, 0.05) is 32.0 Å². The van der Waals surface area contributed by atoms with Crippen LogP contribution in [-0.2, 0) is 0 Å². The van der Waals surface area contributed by atoms with Gasteiger partial charge in [0.05, 0.1) is 6.67 Å². The van der Waals surface area contributed by atoms with Crippen LogP contribution in [-0.4, -0.2) is 54.4 Å². The lowest BCUT2D eigenvalue weighted by molar-refractivity contribution is 0.255. The van der Waals surface area contributed by atoms with E-state index in [4.69, 9.17) is 11.5 Å². The monoisotopic (exact) mass is 222 g/mol. The number of aliphatic imine (C=N–C) groups is 2. The molecule has 2 aliphatic rings. The molecular formula is C10H18N6. The number of rotatable bonds is 4. The van der Waals surface area contributed by atoms with Gasteiger partial charge in [0.2, 0.25) is 0 Å². The minimum absolute atomic E-state index is 0.333. The Bertz CT molecular complexity index is 313. The molecule has 0 spiro atoms. The summed E-state index contributed by atoms with van der Waals surface area (Å²) in [5, 5.41) is 0. The Hall–Kier alpha value is -1.40. The van der Waals surface area contributed by atoms with Crippen molar-refractivity contribution in [1.82, 2.24) is 9.80 Å². The summed E-state index contributed by atoms with van der Waals surface area (Å²) in [6.45, 7) is 3.72. The van der Waals surface area contributed by atoms with E-state index in [0.29, 0.717) is 5.84 Å². The van der Waals surface area contributed by atoms with Crippen molar-refractivity contribution in [2.75, 3.05) is 26.3 Å². The minimum Gasteiger partial charge on any atom is -0.384 e. The van der Waals surface area contributed by atoms with Gasteiger partial charge in [0.1, 0.15) is 5.84 Å². The summed E-state index contributed by atoms with van der Waals surface area (Å²) < 4.78 is 0. The van der Waals surface area contributed by atoms with Gasteiger partial charge in [0.15, 0.2) is 6.29 Å². The highest BCUT2D eigenvalue weighted by Gasteiger charge is 2.13. The molecule has 0 saturated heterocycles. The fourth-order valence-corrected chi connectivity index (χ4v) is 1.78. The molecule has 0 aromatic rings. The molecular weight excluding hydrogens is 204 g/mol. The molecule has 0 saturated carbocycles. The van der Waals surface area contributed by atoms with Gasteiger partial charge in [-0.3, -0.25) is 15.6 Å². The fraction of sp³-hybridized carbons (Fsp3) is 0.600. The third kappa shape index (κ3) is 2.80. The first-order chi connectivity index (χ1) is 7.75. The summed E-state index contributed by atoms with van der Waals surface area (Å²) >= 11 is 0. The summed E-state index contributed by atoms with van der Waals surface area (Å²) in [7, 11) is 0. The van der Waals surface area contributed by atoms with Crippen molar-refractivity contribution in [3.05, 3.63) is 12.3 Å². The van der Waals surface area contributed by atoms with Crippen molar-refractivity contribution in [3.8, 4) is 0 Å². The number of amidine groups is 1. The van der Waals surface area contributed by atoms with Gasteiger partial charge in [-0.1, -0.05) is 0 Å². The maximum absolute atomic E-state index is 5.83. The van der Waals surface area contributed by atoms with Gasteiger partial charge in [-0.05, 0) is 12.5 Å². The summed E-state index contributed by atoms with van der Waals surface area (Å²) in [6.07, 6.45) is 6.37. The first kappa shape index (κ1) is 11.1. The zero-order chi connectivity index (χ0) is 11.4. The molecule has 0 aromatic carbocycles. The van der Waals surface area contributed by atoms with E-state index in [-0.39, 0.29) is 6.29 Å². The predicted octanol–water partition coefficient (Wildman–Crippen LogP) is -0.851. The van der Waals surface area contributed by atoms with Crippen LogP contribution in [0.4, 0.5) is 0 Å². The Morgan fingerprint density at radius 1 is 1.44 bits per heavy atom. The van der Waals surface area contributed by atoms with Crippen LogP contribution in [0.3, 0.4) is 0 Å². The average molecular weight is 222 g/mol. The Balaban J connectivity index is 1.68. The Kier molecular flexibility index (Phi) is 3.53. The quantitative estimate of drug-likeness (QED) is 0.649. The first-order valence-electron chi connectivity index (χ1n) is 5.49. The first-order valence-corrected chi connectivity index (χ1v) is 5.49. The maximum Gasteiger partial charge on any atom is 0.175 e. The molecule has 1 unspecified atom stereocenters. The second kappa shape index (κ2) is 5.09. The highest BCUT2D eigenvalue weighted by molar-refractivity contribution is 5.91. The van der Waals surface area contributed by atoms with Crippen molar-refractivity contribution in [2.24, 2.45) is 21.5 Å². The summed E-state index contributed by atoms with van der Waals surface area (Å²) in [6, 6.07) is 0. The molecule has 0 radical (unpaired) electrons. The van der Waals surface area contributed by atoms with E-state index in [1.807, 2.05) is 17.3 Å². The zero-order valence-electron chi connectivity index (χ0n) is 9.29. The number of hydrogen-bond donors (Lipinski definition) is 2. The molecule has 0 bridgehead atoms. The van der Waals surface area contributed by atoms with E-state index in [2.05, 4.69) is 14.9 Å². The highest BCUT2D eigenvalue weighted by Crippen LogP contribution is 2.05. The van der Waals surface area contributed by atoms with Crippen molar-refractivity contribution in [2.45, 2.75) is 12.7 Å². The van der Waals surface area contributed by atoms with Crippen LogP contribution < -0.4 is 11.5 Å². The zero-order valence-corrected chi connectivity index (χ0v) is 9.29. The third-order valence-corrected chi connectivity index (χ3v) is 2.70. The molecule has 1 atom stereocenters. The maximum atomic E-state index is 5.83. The largest absolute Gasteiger partial charge is 0.384 e. The van der Waals surface area contributed by atoms with Gasteiger partial charge < -0.3 is 10.6 Å². The average Bonchev–Trinajstić information content (AvgIpc) is 2.74. The number of nitrogens with two attached hydrogens (primary N) is 2. The molecule has 2 heterocycles. The van der Waals surface area contributed by atoms with Crippen LogP contribution in [0.2, 0.25) is 0 Å². The van der Waals surface area contributed by atoms with Gasteiger partial charge >= 0.3 is 0 Å². The van der Waals surface area contributed by atoms with Crippen LogP contribution in [0.5, 0.6) is 0 Å². The molecule has 0 aromatic heterocycles. The summed E-state index contributed by atoms with van der Waals surface area (Å²) in [4.78, 5) is 12.5. The van der Waals surface area contributed by atoms with E-state index in [1.54, 1.807) is 6.08 Å². The van der Waals surface area contributed by atoms with Gasteiger partial charge in [-0.25, -0.2) is 4.99 Å². The van der Waals surface area contributed by atoms with Crippen LogP contribution in [0, 0.1) is 0 Å². The Morgan fingerprint density at radius 3 is 3.00 bits per heavy atom. The van der Waals surface area contributed by atoms with E-state index in [0.717, 1.165) is 32.7 Å². The Morgan fingerprint density at radius 2 is 2.31 bits per heavy atom. The number of nitrogens with zero attached hydrogens (tertiary/aromatic N) is 4. The van der Waals surface area contributed by atoms with Crippen LogP contribution in [0.15, 0.2) is 22.3 Å². The molecule has 6 heteroatoms. The smallest absolute Gasteiger partial charge is 0.175 e. The molecule has 0 amide bonds. The van der Waals surface area contributed by atoms with Gasteiger partial charge in [-0.2, -0.15) is 0 Å². The molecule has 2 rings (SSSR count). The third-order valence-electron chi connectivity index (χ3n) is 2.70. The molecule has 88 valence electrons. The minimum atomic E-state index is -0.333. The topological polar surface area (TPSA) is 83.2 Å².